The Bertz CT molecular complexity index is 887. The van der Waals surface area contributed by atoms with E-state index in [0.29, 0.717) is 36.4 Å². The Morgan fingerprint density at radius 1 is 1.00 bits per heavy atom. The highest BCUT2D eigenvalue weighted by Crippen LogP contribution is 2.65. The predicted octanol–water partition coefficient (Wildman–Crippen LogP) is 6.06. The molecule has 3 saturated carbocycles. The number of aryl methyl sites for hydroxylation is 1. The fraction of sp³-hybridized carbons (Fsp3) is 0.643. The summed E-state index contributed by atoms with van der Waals surface area (Å²) in [5, 5.41) is 0. The summed E-state index contributed by atoms with van der Waals surface area (Å²) in [5.41, 5.74) is 2.95. The topological polar surface area (TPSA) is 43.4 Å². The number of hydrogen-bond donors (Lipinski definition) is 0. The number of carbonyl (C=O) groups excluding carboxylic acids is 2. The molecule has 0 saturated heterocycles. The molecule has 0 unspecified atom stereocenters. The van der Waals surface area contributed by atoms with Crippen molar-refractivity contribution in [1.29, 1.82) is 0 Å². The van der Waals surface area contributed by atoms with Crippen molar-refractivity contribution in [2.24, 2.45) is 28.6 Å². The van der Waals surface area contributed by atoms with Crippen LogP contribution in [0.15, 0.2) is 42.0 Å². The molecular weight excluding hydrogens is 384 g/mol. The fourth-order valence-electron chi connectivity index (χ4n) is 7.81. The normalized spacial score (nSPS) is 39.2. The lowest BCUT2D eigenvalue weighted by molar-refractivity contribution is -0.159. The number of rotatable bonds is 4. The first-order chi connectivity index (χ1) is 14.9. The van der Waals surface area contributed by atoms with Crippen LogP contribution in [0.4, 0.5) is 0 Å². The van der Waals surface area contributed by atoms with Crippen LogP contribution in [0.1, 0.15) is 77.2 Å². The summed E-state index contributed by atoms with van der Waals surface area (Å²) in [6.07, 6.45) is 11.8. The number of ether oxygens (including phenoxy) is 1. The number of ketones is 1. The van der Waals surface area contributed by atoms with E-state index in [-0.39, 0.29) is 22.9 Å². The summed E-state index contributed by atoms with van der Waals surface area (Å²) in [7, 11) is 0. The van der Waals surface area contributed by atoms with Gasteiger partial charge in [-0.3, -0.25) is 9.59 Å². The van der Waals surface area contributed by atoms with Crippen LogP contribution in [-0.2, 0) is 20.7 Å². The molecule has 0 heterocycles. The lowest BCUT2D eigenvalue weighted by atomic mass is 9.47. The van der Waals surface area contributed by atoms with Crippen molar-refractivity contribution in [1.82, 2.24) is 0 Å². The molecule has 3 heteroatoms. The minimum atomic E-state index is -0.0375. The van der Waals surface area contributed by atoms with Gasteiger partial charge in [0.05, 0.1) is 0 Å². The van der Waals surface area contributed by atoms with Crippen LogP contribution >= 0.6 is 0 Å². The van der Waals surface area contributed by atoms with E-state index >= 15 is 0 Å². The van der Waals surface area contributed by atoms with Crippen LogP contribution in [0.5, 0.6) is 0 Å². The number of fused-ring (bicyclic) bond motifs is 5. The lowest BCUT2D eigenvalue weighted by Crippen LogP contribution is -2.51. The Morgan fingerprint density at radius 3 is 2.61 bits per heavy atom. The van der Waals surface area contributed by atoms with E-state index in [4.69, 9.17) is 4.74 Å². The summed E-state index contributed by atoms with van der Waals surface area (Å²) >= 11 is 0. The third-order valence-corrected chi connectivity index (χ3v) is 9.61. The van der Waals surface area contributed by atoms with Crippen LogP contribution in [-0.4, -0.2) is 17.9 Å². The maximum atomic E-state index is 12.7. The Kier molecular flexibility index (Phi) is 5.35. The molecule has 1 aromatic rings. The van der Waals surface area contributed by atoms with Crippen LogP contribution in [0.3, 0.4) is 0 Å². The minimum absolute atomic E-state index is 0.0375. The number of esters is 1. The van der Waals surface area contributed by atoms with Gasteiger partial charge in [0.1, 0.15) is 6.10 Å². The van der Waals surface area contributed by atoms with Crippen LogP contribution in [0.2, 0.25) is 0 Å². The lowest BCUT2D eigenvalue weighted by Gasteiger charge is -2.57. The summed E-state index contributed by atoms with van der Waals surface area (Å²) in [4.78, 5) is 24.7. The Balaban J connectivity index is 1.26. The smallest absolute Gasteiger partial charge is 0.306 e. The van der Waals surface area contributed by atoms with Crippen LogP contribution in [0, 0.1) is 28.6 Å². The van der Waals surface area contributed by atoms with E-state index in [1.54, 1.807) is 0 Å². The van der Waals surface area contributed by atoms with E-state index in [0.717, 1.165) is 32.1 Å². The van der Waals surface area contributed by atoms with Crippen molar-refractivity contribution in [3.8, 4) is 0 Å². The largest absolute Gasteiger partial charge is 0.462 e. The van der Waals surface area contributed by atoms with Crippen LogP contribution < -0.4 is 0 Å². The fourth-order valence-corrected chi connectivity index (χ4v) is 7.81. The monoisotopic (exact) mass is 420 g/mol. The van der Waals surface area contributed by atoms with Crippen molar-refractivity contribution in [2.45, 2.75) is 84.2 Å². The molecule has 4 aliphatic carbocycles. The standard InChI is InChI=1S/C28H36O3/c1-27-16-14-21(29)18-20(27)9-10-22-23-11-12-25(28(23,2)17-15-24(22)27)31-26(30)13-8-19-6-4-3-5-7-19/h3-7,18,22-25H,8-17H2,1-2H3/t22-,23-,24-,25-,27+,28-/m0/s1. The van der Waals surface area contributed by atoms with Crippen LogP contribution in [0.25, 0.3) is 0 Å². The van der Waals surface area contributed by atoms with Crippen molar-refractivity contribution < 1.29 is 14.3 Å². The number of allylic oxidation sites excluding steroid dienone is 1. The number of carbonyl (C=O) groups is 2. The zero-order valence-corrected chi connectivity index (χ0v) is 19.1. The molecular formula is C28H36O3. The molecule has 0 amide bonds. The molecule has 0 N–H and O–H groups in total. The van der Waals surface area contributed by atoms with Gasteiger partial charge in [-0.1, -0.05) is 49.8 Å². The molecule has 0 spiro atoms. The van der Waals surface area contributed by atoms with E-state index in [1.807, 2.05) is 24.3 Å². The number of hydrogen-bond acceptors (Lipinski definition) is 3. The molecule has 0 aliphatic heterocycles. The highest BCUT2D eigenvalue weighted by Gasteiger charge is 2.59. The zero-order chi connectivity index (χ0) is 21.6. The summed E-state index contributed by atoms with van der Waals surface area (Å²) in [5.74, 6) is 2.34. The first kappa shape index (κ1) is 21.0. The Hall–Kier alpha value is -1.90. The van der Waals surface area contributed by atoms with Gasteiger partial charge in [0.2, 0.25) is 0 Å². The maximum Gasteiger partial charge on any atom is 0.306 e. The van der Waals surface area contributed by atoms with Crippen molar-refractivity contribution in [3.05, 3.63) is 47.5 Å². The van der Waals surface area contributed by atoms with E-state index < -0.39 is 0 Å². The van der Waals surface area contributed by atoms with Crippen molar-refractivity contribution in [2.75, 3.05) is 0 Å². The zero-order valence-electron chi connectivity index (χ0n) is 19.1. The van der Waals surface area contributed by atoms with Gasteiger partial charge in [-0.15, -0.1) is 0 Å². The highest BCUT2D eigenvalue weighted by atomic mass is 16.5. The predicted molar refractivity (Wildman–Crippen MR) is 121 cm³/mol. The molecule has 5 rings (SSSR count). The molecule has 3 fully saturated rings. The minimum Gasteiger partial charge on any atom is -0.462 e. The molecule has 6 atom stereocenters. The van der Waals surface area contributed by atoms with Gasteiger partial charge in [0.15, 0.2) is 5.78 Å². The molecule has 1 aromatic carbocycles. The maximum absolute atomic E-state index is 12.7. The highest BCUT2D eigenvalue weighted by molar-refractivity contribution is 5.91. The van der Waals surface area contributed by atoms with Gasteiger partial charge in [-0.2, -0.15) is 0 Å². The van der Waals surface area contributed by atoms with Gasteiger partial charge < -0.3 is 4.74 Å². The second-order valence-electron chi connectivity index (χ2n) is 11.1. The molecule has 0 radical (unpaired) electrons. The first-order valence-corrected chi connectivity index (χ1v) is 12.4. The van der Waals surface area contributed by atoms with Crippen molar-refractivity contribution >= 4 is 11.8 Å². The molecule has 0 aromatic heterocycles. The second kappa shape index (κ2) is 7.90. The second-order valence-corrected chi connectivity index (χ2v) is 11.1. The number of benzene rings is 1. The van der Waals surface area contributed by atoms with E-state index in [2.05, 4.69) is 26.0 Å². The molecule has 31 heavy (non-hydrogen) atoms. The molecule has 166 valence electrons. The van der Waals surface area contributed by atoms with Gasteiger partial charge in [0.25, 0.3) is 0 Å². The average Bonchev–Trinajstić information content (AvgIpc) is 3.10. The summed E-state index contributed by atoms with van der Waals surface area (Å²) in [6, 6.07) is 10.2. The third-order valence-electron chi connectivity index (χ3n) is 9.61. The van der Waals surface area contributed by atoms with Gasteiger partial charge in [-0.25, -0.2) is 0 Å². The van der Waals surface area contributed by atoms with E-state index in [1.165, 1.54) is 30.4 Å². The average molecular weight is 421 g/mol. The van der Waals surface area contributed by atoms with Gasteiger partial charge in [-0.05, 0) is 86.2 Å². The molecule has 0 bridgehead atoms. The Labute approximate surface area is 186 Å². The molecule has 4 aliphatic rings. The first-order valence-electron chi connectivity index (χ1n) is 12.4. The van der Waals surface area contributed by atoms with E-state index in [9.17, 15) is 9.59 Å². The van der Waals surface area contributed by atoms with Gasteiger partial charge >= 0.3 is 5.97 Å². The molecule has 3 nitrogen and oxygen atoms in total. The SMILES string of the molecule is C[C@]12CC[C@H]3[C@@H](CCC4=CC(=O)CC[C@]43C)[C@@H]1CC[C@@H]2OC(=O)CCc1ccccc1. The van der Waals surface area contributed by atoms with Crippen molar-refractivity contribution in [3.63, 3.8) is 0 Å². The quantitative estimate of drug-likeness (QED) is 0.556. The summed E-state index contributed by atoms with van der Waals surface area (Å²) < 4.78 is 6.14. The van der Waals surface area contributed by atoms with Gasteiger partial charge in [0, 0.05) is 18.3 Å². The Morgan fingerprint density at radius 2 is 1.81 bits per heavy atom. The third kappa shape index (κ3) is 3.58. The summed E-state index contributed by atoms with van der Waals surface area (Å²) in [6.45, 7) is 4.83.